The fraction of sp³-hybridized carbons (Fsp3) is 0.286. The van der Waals surface area contributed by atoms with Gasteiger partial charge in [-0.15, -0.1) is 0 Å². The molecule has 2 rings (SSSR count). The number of nitrogens with one attached hydrogen (secondary N) is 1. The maximum Gasteiger partial charge on any atom is 0.129 e. The number of hydrogen-bond donors (Lipinski definition) is 1. The molecule has 0 aliphatic carbocycles. The minimum absolute atomic E-state index is 0.914. The number of rotatable bonds is 0. The van der Waals surface area contributed by atoms with Crippen LogP contribution in [0.25, 0.3) is 5.70 Å². The molecule has 10 heavy (non-hydrogen) atoms. The molecule has 0 fully saturated rings. The second-order valence-corrected chi connectivity index (χ2v) is 2.35. The molecule has 1 aliphatic rings. The van der Waals surface area contributed by atoms with E-state index in [1.165, 1.54) is 5.70 Å². The molecule has 3 heteroatoms. The van der Waals surface area contributed by atoms with Crippen molar-refractivity contribution in [2.45, 2.75) is 6.92 Å². The van der Waals surface area contributed by atoms with E-state index >= 15 is 0 Å². The summed E-state index contributed by atoms with van der Waals surface area (Å²) in [4.78, 5) is 0. The van der Waals surface area contributed by atoms with Crippen molar-refractivity contribution in [2.24, 2.45) is 0 Å². The van der Waals surface area contributed by atoms with E-state index in [-0.39, 0.29) is 0 Å². The van der Waals surface area contributed by atoms with Gasteiger partial charge in [0, 0.05) is 18.3 Å². The van der Waals surface area contributed by atoms with Gasteiger partial charge in [-0.05, 0) is 13.0 Å². The highest BCUT2D eigenvalue weighted by molar-refractivity contribution is 5.55. The van der Waals surface area contributed by atoms with E-state index in [0.717, 1.165) is 12.4 Å². The largest absolute Gasteiger partial charge is 0.366 e. The van der Waals surface area contributed by atoms with Gasteiger partial charge in [0.15, 0.2) is 0 Å². The van der Waals surface area contributed by atoms with Gasteiger partial charge in [0.2, 0.25) is 0 Å². The quantitative estimate of drug-likeness (QED) is 0.578. The Balaban J connectivity index is 2.55. The highest BCUT2D eigenvalue weighted by Crippen LogP contribution is 2.15. The van der Waals surface area contributed by atoms with Crippen molar-refractivity contribution in [3.63, 3.8) is 0 Å². The molecule has 0 bridgehead atoms. The van der Waals surface area contributed by atoms with Crippen molar-refractivity contribution in [1.82, 2.24) is 9.78 Å². The second kappa shape index (κ2) is 1.87. The van der Waals surface area contributed by atoms with Crippen LogP contribution in [0.15, 0.2) is 18.3 Å². The Morgan fingerprint density at radius 3 is 3.40 bits per heavy atom. The zero-order valence-corrected chi connectivity index (χ0v) is 5.83. The van der Waals surface area contributed by atoms with Crippen molar-refractivity contribution in [3.05, 3.63) is 18.3 Å². The van der Waals surface area contributed by atoms with E-state index in [2.05, 4.69) is 23.4 Å². The third-order valence-corrected chi connectivity index (χ3v) is 1.66. The first-order valence-corrected chi connectivity index (χ1v) is 3.33. The predicted octanol–water partition coefficient (Wildman–Crippen LogP) is 1.17. The lowest BCUT2D eigenvalue weighted by Crippen LogP contribution is -2.12. The fourth-order valence-corrected chi connectivity index (χ4v) is 1.11. The van der Waals surface area contributed by atoms with Crippen LogP contribution in [0.1, 0.15) is 6.92 Å². The summed E-state index contributed by atoms with van der Waals surface area (Å²) in [7, 11) is 0. The van der Waals surface area contributed by atoms with Gasteiger partial charge in [-0.2, -0.15) is 5.10 Å². The van der Waals surface area contributed by atoms with Crippen LogP contribution in [0, 0.1) is 0 Å². The van der Waals surface area contributed by atoms with Crippen LogP contribution in [-0.2, 0) is 0 Å². The Morgan fingerprint density at radius 1 is 1.70 bits per heavy atom. The maximum atomic E-state index is 4.12. The summed E-state index contributed by atoms with van der Waals surface area (Å²) in [5.41, 5.74) is 1.19. The van der Waals surface area contributed by atoms with Crippen LogP contribution >= 0.6 is 0 Å². The zero-order chi connectivity index (χ0) is 6.97. The fourth-order valence-electron chi connectivity index (χ4n) is 1.11. The van der Waals surface area contributed by atoms with Crippen molar-refractivity contribution in [1.29, 1.82) is 0 Å². The highest BCUT2D eigenvalue weighted by atomic mass is 15.3. The lowest BCUT2D eigenvalue weighted by atomic mass is 10.4. The second-order valence-electron chi connectivity index (χ2n) is 2.35. The minimum atomic E-state index is 0.914. The molecule has 0 atom stereocenters. The van der Waals surface area contributed by atoms with E-state index < -0.39 is 0 Å². The summed E-state index contributed by atoms with van der Waals surface area (Å²) in [6, 6.07) is 1.97. The first-order valence-electron chi connectivity index (χ1n) is 3.33. The summed E-state index contributed by atoms with van der Waals surface area (Å²) in [6.07, 6.45) is 3.91. The molecule has 0 amide bonds. The van der Waals surface area contributed by atoms with Crippen molar-refractivity contribution in [2.75, 3.05) is 11.9 Å². The van der Waals surface area contributed by atoms with Crippen LogP contribution in [0.2, 0.25) is 0 Å². The number of nitrogens with zero attached hydrogens (tertiary/aromatic N) is 2. The third-order valence-electron chi connectivity index (χ3n) is 1.66. The molecule has 1 aromatic rings. The van der Waals surface area contributed by atoms with Crippen LogP contribution in [0.4, 0.5) is 5.82 Å². The molecule has 0 aromatic carbocycles. The van der Waals surface area contributed by atoms with Crippen molar-refractivity contribution >= 4 is 11.5 Å². The van der Waals surface area contributed by atoms with Crippen LogP contribution in [-0.4, -0.2) is 16.3 Å². The molecule has 1 aromatic heterocycles. The zero-order valence-electron chi connectivity index (χ0n) is 5.83. The Hall–Kier alpha value is -1.25. The molecule has 1 N–H and O–H groups in total. The van der Waals surface area contributed by atoms with Crippen LogP contribution in [0.5, 0.6) is 0 Å². The molecule has 0 unspecified atom stereocenters. The summed E-state index contributed by atoms with van der Waals surface area (Å²) >= 11 is 0. The summed E-state index contributed by atoms with van der Waals surface area (Å²) in [5.74, 6) is 1.08. The molecule has 0 saturated heterocycles. The van der Waals surface area contributed by atoms with Gasteiger partial charge >= 0.3 is 0 Å². The Morgan fingerprint density at radius 2 is 2.60 bits per heavy atom. The molecule has 0 radical (unpaired) electrons. The molecule has 0 spiro atoms. The van der Waals surface area contributed by atoms with E-state index in [1.54, 1.807) is 6.20 Å². The average Bonchev–Trinajstić information content (AvgIpc) is 2.36. The van der Waals surface area contributed by atoms with Gasteiger partial charge in [-0.25, -0.2) is 4.68 Å². The topological polar surface area (TPSA) is 29.9 Å². The van der Waals surface area contributed by atoms with E-state index in [0.29, 0.717) is 0 Å². The Labute approximate surface area is 59.4 Å². The Kier molecular flexibility index (Phi) is 1.03. The smallest absolute Gasteiger partial charge is 0.129 e. The first-order chi connectivity index (χ1) is 4.88. The monoisotopic (exact) mass is 135 g/mol. The minimum Gasteiger partial charge on any atom is -0.366 e. The summed E-state index contributed by atoms with van der Waals surface area (Å²) in [5, 5.41) is 7.32. The third kappa shape index (κ3) is 0.635. The molecular formula is C7H9N3. The number of hydrogen-bond acceptors (Lipinski definition) is 2. The van der Waals surface area contributed by atoms with Crippen molar-refractivity contribution in [3.8, 4) is 0 Å². The van der Waals surface area contributed by atoms with E-state index in [4.69, 9.17) is 0 Å². The average molecular weight is 135 g/mol. The number of anilines is 1. The van der Waals surface area contributed by atoms with Gasteiger partial charge in [-0.1, -0.05) is 0 Å². The van der Waals surface area contributed by atoms with Gasteiger partial charge in [0.05, 0.1) is 6.20 Å². The molecule has 0 saturated carbocycles. The molecule has 3 nitrogen and oxygen atoms in total. The van der Waals surface area contributed by atoms with Gasteiger partial charge < -0.3 is 5.32 Å². The highest BCUT2D eigenvalue weighted by Gasteiger charge is 2.05. The Bertz CT molecular complexity index is 272. The number of allylic oxidation sites excluding steroid dienone is 1. The number of aromatic nitrogens is 2. The standard InChI is InChI=1S/C7H9N3/c1-6-2-4-8-7-3-5-9-10(6)7/h2-3,5,8H,4H2,1H3. The molecule has 1 aliphatic heterocycles. The molecular weight excluding hydrogens is 126 g/mol. The van der Waals surface area contributed by atoms with Gasteiger partial charge in [0.1, 0.15) is 5.82 Å². The lowest BCUT2D eigenvalue weighted by Gasteiger charge is -2.13. The molecule has 2 heterocycles. The lowest BCUT2D eigenvalue weighted by molar-refractivity contribution is 0.878. The van der Waals surface area contributed by atoms with E-state index in [9.17, 15) is 0 Å². The van der Waals surface area contributed by atoms with Gasteiger partial charge in [0.25, 0.3) is 0 Å². The SMILES string of the molecule is CC1=CCNc2ccnn21. The summed E-state index contributed by atoms with van der Waals surface area (Å²) in [6.45, 7) is 2.97. The molecule has 52 valence electrons. The van der Waals surface area contributed by atoms with E-state index in [1.807, 2.05) is 10.7 Å². The van der Waals surface area contributed by atoms with Crippen molar-refractivity contribution < 1.29 is 0 Å². The maximum absolute atomic E-state index is 4.12. The van der Waals surface area contributed by atoms with Crippen LogP contribution < -0.4 is 5.32 Å². The number of fused-ring (bicyclic) bond motifs is 1. The normalized spacial score (nSPS) is 15.5. The summed E-state index contributed by atoms with van der Waals surface area (Å²) < 4.78 is 1.89. The first kappa shape index (κ1) is 5.53. The predicted molar refractivity (Wildman–Crippen MR) is 40.7 cm³/mol. The van der Waals surface area contributed by atoms with Gasteiger partial charge in [-0.3, -0.25) is 0 Å². The van der Waals surface area contributed by atoms with Crippen LogP contribution in [0.3, 0.4) is 0 Å².